The highest BCUT2D eigenvalue weighted by Gasteiger charge is 2.13. The van der Waals surface area contributed by atoms with Crippen molar-refractivity contribution in [1.29, 1.82) is 0 Å². The smallest absolute Gasteiger partial charge is 0.239 e. The van der Waals surface area contributed by atoms with Crippen LogP contribution < -0.4 is 10.6 Å². The zero-order chi connectivity index (χ0) is 13.8. The van der Waals surface area contributed by atoms with E-state index in [-0.39, 0.29) is 18.0 Å². The van der Waals surface area contributed by atoms with E-state index in [1.807, 2.05) is 27.7 Å². The molecule has 0 saturated carbocycles. The molecule has 0 fully saturated rings. The van der Waals surface area contributed by atoms with E-state index in [2.05, 4.69) is 36.5 Å². The van der Waals surface area contributed by atoms with Gasteiger partial charge in [-0.05, 0) is 36.7 Å². The molecular weight excluding hydrogens is 296 g/mol. The maximum Gasteiger partial charge on any atom is 0.239 e. The molecule has 18 heavy (non-hydrogen) atoms. The summed E-state index contributed by atoms with van der Waals surface area (Å²) in [5, 5.41) is 5.87. The number of rotatable bonds is 4. The van der Waals surface area contributed by atoms with E-state index in [1.165, 1.54) is 0 Å². The van der Waals surface area contributed by atoms with Crippen molar-refractivity contribution in [2.45, 2.75) is 39.7 Å². The lowest BCUT2D eigenvalue weighted by molar-refractivity contribution is -0.120. The van der Waals surface area contributed by atoms with Gasteiger partial charge in [0.25, 0.3) is 0 Å². The Hall–Kier alpha value is -1.17. The molecule has 1 aromatic heterocycles. The van der Waals surface area contributed by atoms with Crippen molar-refractivity contribution in [2.75, 3.05) is 11.9 Å². The maximum absolute atomic E-state index is 11.6. The lowest BCUT2D eigenvalue weighted by Crippen LogP contribution is -2.43. The first-order valence-electron chi connectivity index (χ1n) is 5.88. The number of hydrogen-bond donors (Lipinski definition) is 2. The second-order valence-corrected chi connectivity index (χ2v) is 5.81. The Morgan fingerprint density at radius 3 is 2.61 bits per heavy atom. The number of aryl methyl sites for hydroxylation is 1. The molecule has 0 spiro atoms. The van der Waals surface area contributed by atoms with E-state index in [0.29, 0.717) is 10.4 Å². The SMILES string of the molecule is CCc1nc(Br)cc(NCC(=O)NC(C)(C)C)n1. The lowest BCUT2D eigenvalue weighted by atomic mass is 10.1. The van der Waals surface area contributed by atoms with Crippen LogP contribution in [0.25, 0.3) is 0 Å². The highest BCUT2D eigenvalue weighted by atomic mass is 79.9. The molecule has 1 aromatic rings. The fraction of sp³-hybridized carbons (Fsp3) is 0.583. The molecule has 6 heteroatoms. The Morgan fingerprint density at radius 2 is 2.06 bits per heavy atom. The van der Waals surface area contributed by atoms with Crippen LogP contribution in [0.3, 0.4) is 0 Å². The first kappa shape index (κ1) is 14.9. The minimum atomic E-state index is -0.223. The van der Waals surface area contributed by atoms with Crippen molar-refractivity contribution in [2.24, 2.45) is 0 Å². The van der Waals surface area contributed by atoms with Crippen molar-refractivity contribution in [1.82, 2.24) is 15.3 Å². The summed E-state index contributed by atoms with van der Waals surface area (Å²) < 4.78 is 0.716. The molecule has 0 aromatic carbocycles. The number of halogens is 1. The molecule has 1 amide bonds. The summed E-state index contributed by atoms with van der Waals surface area (Å²) >= 11 is 3.32. The Kier molecular flexibility index (Phi) is 5.07. The van der Waals surface area contributed by atoms with Crippen molar-refractivity contribution >= 4 is 27.7 Å². The molecule has 0 aliphatic carbocycles. The first-order chi connectivity index (χ1) is 8.30. The monoisotopic (exact) mass is 314 g/mol. The number of nitrogens with one attached hydrogen (secondary N) is 2. The van der Waals surface area contributed by atoms with Crippen molar-refractivity contribution < 1.29 is 4.79 Å². The summed E-state index contributed by atoms with van der Waals surface area (Å²) in [6, 6.07) is 1.75. The van der Waals surface area contributed by atoms with Gasteiger partial charge >= 0.3 is 0 Å². The van der Waals surface area contributed by atoms with E-state index in [4.69, 9.17) is 0 Å². The average molecular weight is 315 g/mol. The van der Waals surface area contributed by atoms with Gasteiger partial charge in [0, 0.05) is 18.0 Å². The van der Waals surface area contributed by atoms with Gasteiger partial charge in [0.2, 0.25) is 5.91 Å². The van der Waals surface area contributed by atoms with E-state index >= 15 is 0 Å². The molecular formula is C12H19BrN4O. The van der Waals surface area contributed by atoms with Crippen molar-refractivity contribution in [3.8, 4) is 0 Å². The summed E-state index contributed by atoms with van der Waals surface area (Å²) in [6.45, 7) is 8.02. The molecule has 0 unspecified atom stereocenters. The van der Waals surface area contributed by atoms with Crippen LogP contribution in [-0.2, 0) is 11.2 Å². The van der Waals surface area contributed by atoms with E-state index in [1.54, 1.807) is 6.07 Å². The molecule has 1 rings (SSSR count). The molecule has 1 heterocycles. The second-order valence-electron chi connectivity index (χ2n) is 5.00. The van der Waals surface area contributed by atoms with Crippen LogP contribution in [0.5, 0.6) is 0 Å². The van der Waals surface area contributed by atoms with Gasteiger partial charge in [0.15, 0.2) is 0 Å². The topological polar surface area (TPSA) is 66.9 Å². The Balaban J connectivity index is 2.58. The number of nitrogens with zero attached hydrogens (tertiary/aromatic N) is 2. The fourth-order valence-electron chi connectivity index (χ4n) is 1.35. The Morgan fingerprint density at radius 1 is 1.39 bits per heavy atom. The summed E-state index contributed by atoms with van der Waals surface area (Å²) in [4.78, 5) is 20.1. The number of anilines is 1. The van der Waals surface area contributed by atoms with Crippen molar-refractivity contribution in [3.63, 3.8) is 0 Å². The Labute approximate surface area is 116 Å². The number of carbonyl (C=O) groups excluding carboxylic acids is 1. The van der Waals surface area contributed by atoms with Gasteiger partial charge in [-0.3, -0.25) is 4.79 Å². The van der Waals surface area contributed by atoms with Gasteiger partial charge < -0.3 is 10.6 Å². The Bertz CT molecular complexity index is 429. The van der Waals surface area contributed by atoms with Crippen molar-refractivity contribution in [3.05, 3.63) is 16.5 Å². The largest absolute Gasteiger partial charge is 0.361 e. The van der Waals surface area contributed by atoms with Gasteiger partial charge in [0.1, 0.15) is 16.2 Å². The van der Waals surface area contributed by atoms with Gasteiger partial charge in [-0.2, -0.15) is 0 Å². The van der Waals surface area contributed by atoms with Gasteiger partial charge in [-0.25, -0.2) is 9.97 Å². The summed E-state index contributed by atoms with van der Waals surface area (Å²) in [5.41, 5.74) is -0.223. The van der Waals surface area contributed by atoms with Crippen LogP contribution in [-0.4, -0.2) is 28.0 Å². The number of hydrogen-bond acceptors (Lipinski definition) is 4. The standard InChI is InChI=1S/C12H19BrN4O/c1-5-9-15-8(13)6-10(16-9)14-7-11(18)17-12(2,3)4/h6H,5,7H2,1-4H3,(H,17,18)(H,14,15,16). The summed E-state index contributed by atoms with van der Waals surface area (Å²) in [7, 11) is 0. The van der Waals surface area contributed by atoms with E-state index in [9.17, 15) is 4.79 Å². The zero-order valence-corrected chi connectivity index (χ0v) is 12.8. The number of amides is 1. The third-order valence-corrected chi connectivity index (χ3v) is 2.41. The molecule has 5 nitrogen and oxygen atoms in total. The minimum Gasteiger partial charge on any atom is -0.361 e. The minimum absolute atomic E-state index is 0.0599. The number of carbonyl (C=O) groups is 1. The molecule has 0 radical (unpaired) electrons. The highest BCUT2D eigenvalue weighted by molar-refractivity contribution is 9.10. The molecule has 0 saturated heterocycles. The van der Waals surface area contributed by atoms with Gasteiger partial charge in [-0.15, -0.1) is 0 Å². The zero-order valence-electron chi connectivity index (χ0n) is 11.2. The highest BCUT2D eigenvalue weighted by Crippen LogP contribution is 2.12. The van der Waals surface area contributed by atoms with Gasteiger partial charge in [-0.1, -0.05) is 6.92 Å². The molecule has 0 bridgehead atoms. The van der Waals surface area contributed by atoms with Crippen LogP contribution in [0.15, 0.2) is 10.7 Å². The molecule has 0 aliphatic rings. The van der Waals surface area contributed by atoms with Crippen LogP contribution in [0.4, 0.5) is 5.82 Å². The van der Waals surface area contributed by atoms with E-state index < -0.39 is 0 Å². The summed E-state index contributed by atoms with van der Waals surface area (Å²) in [6.07, 6.45) is 0.752. The first-order valence-corrected chi connectivity index (χ1v) is 6.68. The number of aromatic nitrogens is 2. The van der Waals surface area contributed by atoms with Crippen LogP contribution in [0.2, 0.25) is 0 Å². The molecule has 0 aliphatic heterocycles. The quantitative estimate of drug-likeness (QED) is 0.835. The third kappa shape index (κ3) is 5.44. The average Bonchev–Trinajstić information content (AvgIpc) is 2.23. The molecule has 100 valence electrons. The predicted molar refractivity (Wildman–Crippen MR) is 75.5 cm³/mol. The van der Waals surface area contributed by atoms with Crippen LogP contribution in [0.1, 0.15) is 33.5 Å². The lowest BCUT2D eigenvalue weighted by Gasteiger charge is -2.20. The summed E-state index contributed by atoms with van der Waals surface area (Å²) in [5.74, 6) is 1.33. The fourth-order valence-corrected chi connectivity index (χ4v) is 1.77. The third-order valence-electron chi connectivity index (χ3n) is 2.00. The predicted octanol–water partition coefficient (Wildman–Crippen LogP) is 2.13. The second kappa shape index (κ2) is 6.13. The van der Waals surface area contributed by atoms with E-state index in [0.717, 1.165) is 12.2 Å². The molecule has 2 N–H and O–H groups in total. The van der Waals surface area contributed by atoms with Gasteiger partial charge in [0.05, 0.1) is 6.54 Å². The van der Waals surface area contributed by atoms with Crippen LogP contribution >= 0.6 is 15.9 Å². The molecule has 0 atom stereocenters. The normalized spacial score (nSPS) is 11.2. The van der Waals surface area contributed by atoms with Crippen LogP contribution in [0, 0.1) is 0 Å². The maximum atomic E-state index is 11.6.